The average molecular weight is 273 g/mol. The topological polar surface area (TPSA) is 69.8 Å². The molecule has 0 spiro atoms. The highest BCUT2D eigenvalue weighted by atomic mass is 16.6. The zero-order valence-electron chi connectivity index (χ0n) is 12.6. The summed E-state index contributed by atoms with van der Waals surface area (Å²) >= 11 is 0. The predicted octanol–water partition coefficient (Wildman–Crippen LogP) is 1.52. The Labute approximate surface area is 115 Å². The lowest BCUT2D eigenvalue weighted by Gasteiger charge is -2.28. The second-order valence-electron chi connectivity index (χ2n) is 5.30. The van der Waals surface area contributed by atoms with Gasteiger partial charge >= 0.3 is 12.1 Å². The summed E-state index contributed by atoms with van der Waals surface area (Å²) in [5, 5.41) is 10.5. The van der Waals surface area contributed by atoms with Crippen molar-refractivity contribution in [3.8, 4) is 0 Å². The molecule has 0 unspecified atom stereocenters. The summed E-state index contributed by atoms with van der Waals surface area (Å²) in [6, 6.07) is 0. The van der Waals surface area contributed by atoms with Crippen molar-refractivity contribution in [1.82, 2.24) is 9.80 Å². The first kappa shape index (κ1) is 17.7. The SMILES string of the molecule is CCN(CCN(CC)C(=O)OC(C)(C)C)CC([O])=O. The first-order valence-corrected chi connectivity index (χ1v) is 6.59. The first-order valence-electron chi connectivity index (χ1n) is 6.59. The molecule has 111 valence electrons. The van der Waals surface area contributed by atoms with Crippen molar-refractivity contribution in [2.45, 2.75) is 40.2 Å². The smallest absolute Gasteiger partial charge is 0.410 e. The lowest BCUT2D eigenvalue weighted by atomic mass is 10.2. The molecule has 0 aliphatic rings. The molecule has 1 amide bonds. The van der Waals surface area contributed by atoms with Crippen molar-refractivity contribution in [1.29, 1.82) is 0 Å². The van der Waals surface area contributed by atoms with Crippen molar-refractivity contribution >= 4 is 12.1 Å². The van der Waals surface area contributed by atoms with Crippen LogP contribution in [0.25, 0.3) is 0 Å². The number of nitrogens with zero attached hydrogens (tertiary/aromatic N) is 2. The number of hydrogen-bond acceptors (Lipinski definition) is 4. The standard InChI is InChI=1S/C13H25N2O4/c1-6-14(10-11(16)17)8-9-15(7-2)12(18)19-13(3,4)5/h6-10H2,1-5H3. The number of carbonyl (C=O) groups excluding carboxylic acids is 2. The van der Waals surface area contributed by atoms with Crippen molar-refractivity contribution in [2.24, 2.45) is 0 Å². The third-order valence-electron chi connectivity index (χ3n) is 2.52. The zero-order chi connectivity index (χ0) is 15.1. The number of hydrogen-bond donors (Lipinski definition) is 0. The van der Waals surface area contributed by atoms with Gasteiger partial charge in [-0.1, -0.05) is 6.92 Å². The minimum absolute atomic E-state index is 0.123. The van der Waals surface area contributed by atoms with Crippen LogP contribution in [0.4, 0.5) is 4.79 Å². The Bertz CT molecular complexity index is 300. The van der Waals surface area contributed by atoms with Gasteiger partial charge in [-0.15, -0.1) is 0 Å². The number of ether oxygens (including phenoxy) is 1. The summed E-state index contributed by atoms with van der Waals surface area (Å²) in [4.78, 5) is 25.7. The number of carbonyl (C=O) groups is 2. The summed E-state index contributed by atoms with van der Waals surface area (Å²) in [6.07, 6.45) is -0.375. The molecule has 0 saturated carbocycles. The van der Waals surface area contributed by atoms with E-state index in [4.69, 9.17) is 4.74 Å². The number of likely N-dealkylation sites (N-methyl/N-ethyl adjacent to an activating group) is 2. The van der Waals surface area contributed by atoms with Crippen LogP contribution in [0.1, 0.15) is 34.6 Å². The zero-order valence-corrected chi connectivity index (χ0v) is 12.6. The summed E-state index contributed by atoms with van der Waals surface area (Å²) < 4.78 is 5.28. The molecule has 0 N–H and O–H groups in total. The Morgan fingerprint density at radius 2 is 1.63 bits per heavy atom. The van der Waals surface area contributed by atoms with Gasteiger partial charge in [0.2, 0.25) is 0 Å². The molecule has 6 heteroatoms. The molecular formula is C13H25N2O4. The maximum Gasteiger partial charge on any atom is 0.410 e. The molecule has 0 aromatic heterocycles. The molecule has 19 heavy (non-hydrogen) atoms. The van der Waals surface area contributed by atoms with Gasteiger partial charge in [-0.3, -0.25) is 4.90 Å². The predicted molar refractivity (Wildman–Crippen MR) is 71.3 cm³/mol. The van der Waals surface area contributed by atoms with Gasteiger partial charge in [0.25, 0.3) is 0 Å². The third-order valence-corrected chi connectivity index (χ3v) is 2.52. The summed E-state index contributed by atoms with van der Waals surface area (Å²) in [5.74, 6) is -1.11. The third kappa shape index (κ3) is 8.42. The quantitative estimate of drug-likeness (QED) is 0.705. The second-order valence-corrected chi connectivity index (χ2v) is 5.30. The number of amides is 1. The van der Waals surface area contributed by atoms with E-state index >= 15 is 0 Å². The Balaban J connectivity index is 4.32. The van der Waals surface area contributed by atoms with Gasteiger partial charge in [0.15, 0.2) is 0 Å². The maximum absolute atomic E-state index is 11.9. The van der Waals surface area contributed by atoms with Gasteiger partial charge in [0.1, 0.15) is 12.1 Å². The highest BCUT2D eigenvalue weighted by molar-refractivity contribution is 5.69. The molecule has 0 atom stereocenters. The molecule has 0 aromatic rings. The van der Waals surface area contributed by atoms with E-state index in [9.17, 15) is 14.7 Å². The molecule has 0 fully saturated rings. The summed E-state index contributed by atoms with van der Waals surface area (Å²) in [6.45, 7) is 11.1. The molecular weight excluding hydrogens is 248 g/mol. The Morgan fingerprint density at radius 1 is 1.05 bits per heavy atom. The van der Waals surface area contributed by atoms with Crippen molar-refractivity contribution < 1.29 is 19.4 Å². The van der Waals surface area contributed by atoms with E-state index in [1.54, 1.807) is 9.80 Å². The van der Waals surface area contributed by atoms with Gasteiger partial charge in [-0.2, -0.15) is 0 Å². The molecule has 0 rings (SSSR count). The summed E-state index contributed by atoms with van der Waals surface area (Å²) in [5.41, 5.74) is -0.528. The van der Waals surface area contributed by atoms with E-state index < -0.39 is 11.6 Å². The van der Waals surface area contributed by atoms with Crippen LogP contribution >= 0.6 is 0 Å². The van der Waals surface area contributed by atoms with Crippen LogP contribution in [-0.4, -0.2) is 60.2 Å². The van der Waals surface area contributed by atoms with Crippen LogP contribution in [0.3, 0.4) is 0 Å². The monoisotopic (exact) mass is 273 g/mol. The van der Waals surface area contributed by atoms with Gasteiger partial charge in [-0.05, 0) is 34.2 Å². The maximum atomic E-state index is 11.9. The van der Waals surface area contributed by atoms with Crippen LogP contribution in [0, 0.1) is 0 Å². The average Bonchev–Trinajstić information content (AvgIpc) is 2.25. The highest BCUT2D eigenvalue weighted by Gasteiger charge is 2.21. The van der Waals surface area contributed by atoms with E-state index in [0.717, 1.165) is 0 Å². The van der Waals surface area contributed by atoms with Gasteiger partial charge in [-0.25, -0.2) is 14.7 Å². The van der Waals surface area contributed by atoms with E-state index in [-0.39, 0.29) is 12.6 Å². The van der Waals surface area contributed by atoms with E-state index in [2.05, 4.69) is 0 Å². The van der Waals surface area contributed by atoms with E-state index in [1.165, 1.54) is 0 Å². The fraction of sp³-hybridized carbons (Fsp3) is 0.846. The van der Waals surface area contributed by atoms with Crippen molar-refractivity contribution in [2.75, 3.05) is 32.7 Å². The van der Waals surface area contributed by atoms with Crippen LogP contribution in [-0.2, 0) is 14.6 Å². The normalized spacial score (nSPS) is 11.5. The molecule has 0 saturated heterocycles. The van der Waals surface area contributed by atoms with Gasteiger partial charge < -0.3 is 9.64 Å². The van der Waals surface area contributed by atoms with Crippen molar-refractivity contribution in [3.63, 3.8) is 0 Å². The molecule has 0 aliphatic carbocycles. The van der Waals surface area contributed by atoms with Crippen LogP contribution in [0.2, 0.25) is 0 Å². The van der Waals surface area contributed by atoms with Crippen LogP contribution < -0.4 is 0 Å². The Morgan fingerprint density at radius 3 is 2.00 bits per heavy atom. The molecule has 0 aromatic carbocycles. The second kappa shape index (κ2) is 7.99. The molecule has 6 nitrogen and oxygen atoms in total. The number of rotatable bonds is 7. The minimum Gasteiger partial charge on any atom is -0.444 e. The fourth-order valence-electron chi connectivity index (χ4n) is 1.50. The lowest BCUT2D eigenvalue weighted by Crippen LogP contribution is -2.42. The van der Waals surface area contributed by atoms with Crippen LogP contribution in [0.5, 0.6) is 0 Å². The fourth-order valence-corrected chi connectivity index (χ4v) is 1.50. The molecule has 0 heterocycles. The molecule has 1 radical (unpaired) electrons. The van der Waals surface area contributed by atoms with Gasteiger partial charge in [0.05, 0.1) is 0 Å². The van der Waals surface area contributed by atoms with Crippen molar-refractivity contribution in [3.05, 3.63) is 0 Å². The van der Waals surface area contributed by atoms with E-state index in [0.29, 0.717) is 26.2 Å². The largest absolute Gasteiger partial charge is 0.444 e. The Hall–Kier alpha value is -1.30. The first-order chi connectivity index (χ1) is 8.69. The van der Waals surface area contributed by atoms with Gasteiger partial charge in [0, 0.05) is 19.6 Å². The summed E-state index contributed by atoms with van der Waals surface area (Å²) in [7, 11) is 0. The van der Waals surface area contributed by atoms with Crippen LogP contribution in [0.15, 0.2) is 0 Å². The molecule has 0 aliphatic heterocycles. The Kier molecular flexibility index (Phi) is 7.44. The highest BCUT2D eigenvalue weighted by Crippen LogP contribution is 2.09. The molecule has 0 bridgehead atoms. The minimum atomic E-state index is -1.11. The van der Waals surface area contributed by atoms with E-state index in [1.807, 2.05) is 34.6 Å². The lowest BCUT2D eigenvalue weighted by molar-refractivity contribution is -0.144.